The number of halogens is 1. The standard InChI is InChI=1S/C22H24FNO2/c23-17-9-4-8-16(13-17)21-14-19(18-10-5-11-20(18)26-21)24-22(25)12-15-6-2-1-3-7-15/h1-4,6-9,13,18-21H,5,10-12,14H2,(H,24,25)/t18-,19+,20+,21+/m0/s1. The Hall–Kier alpha value is -2.20. The van der Waals surface area contributed by atoms with Crippen molar-refractivity contribution in [3.8, 4) is 0 Å². The fourth-order valence-corrected chi connectivity index (χ4v) is 4.38. The van der Waals surface area contributed by atoms with Gasteiger partial charge in [0.05, 0.1) is 18.6 Å². The minimum atomic E-state index is -0.246. The van der Waals surface area contributed by atoms with Crippen LogP contribution in [0.1, 0.15) is 42.9 Å². The van der Waals surface area contributed by atoms with Crippen LogP contribution in [-0.4, -0.2) is 18.1 Å². The summed E-state index contributed by atoms with van der Waals surface area (Å²) in [6, 6.07) is 16.5. The fraction of sp³-hybridized carbons (Fsp3) is 0.409. The molecule has 1 amide bonds. The largest absolute Gasteiger partial charge is 0.370 e. The molecule has 4 heteroatoms. The maximum Gasteiger partial charge on any atom is 0.224 e. The molecule has 0 spiro atoms. The van der Waals surface area contributed by atoms with Gasteiger partial charge in [-0.2, -0.15) is 0 Å². The second-order valence-electron chi connectivity index (χ2n) is 7.39. The van der Waals surface area contributed by atoms with Gasteiger partial charge in [-0.15, -0.1) is 0 Å². The summed E-state index contributed by atoms with van der Waals surface area (Å²) in [6.45, 7) is 0. The predicted octanol–water partition coefficient (Wildman–Crippen LogP) is 4.18. The molecule has 26 heavy (non-hydrogen) atoms. The van der Waals surface area contributed by atoms with Gasteiger partial charge in [-0.1, -0.05) is 48.9 Å². The molecule has 0 radical (unpaired) electrons. The van der Waals surface area contributed by atoms with E-state index in [1.165, 1.54) is 6.07 Å². The third-order valence-electron chi connectivity index (χ3n) is 5.60. The number of nitrogens with one attached hydrogen (secondary N) is 1. The van der Waals surface area contributed by atoms with Gasteiger partial charge in [0.1, 0.15) is 5.82 Å². The first-order valence-corrected chi connectivity index (χ1v) is 9.43. The second-order valence-corrected chi connectivity index (χ2v) is 7.39. The Morgan fingerprint density at radius 1 is 1.12 bits per heavy atom. The SMILES string of the molecule is O=C(Cc1ccccc1)N[C@@H]1C[C@H](c2cccc(F)c2)O[C@@H]2CCC[C@@H]12. The van der Waals surface area contributed by atoms with Gasteiger partial charge in [0.25, 0.3) is 0 Å². The van der Waals surface area contributed by atoms with E-state index < -0.39 is 0 Å². The number of hydrogen-bond acceptors (Lipinski definition) is 2. The van der Waals surface area contributed by atoms with Crippen molar-refractivity contribution >= 4 is 5.91 Å². The number of benzene rings is 2. The highest BCUT2D eigenvalue weighted by molar-refractivity contribution is 5.78. The molecule has 1 saturated heterocycles. The highest BCUT2D eigenvalue weighted by Crippen LogP contribution is 2.42. The van der Waals surface area contributed by atoms with Crippen LogP contribution in [0, 0.1) is 11.7 Å². The summed E-state index contributed by atoms with van der Waals surface area (Å²) in [7, 11) is 0. The molecule has 2 aromatic carbocycles. The van der Waals surface area contributed by atoms with Crippen molar-refractivity contribution < 1.29 is 13.9 Å². The van der Waals surface area contributed by atoms with Crippen molar-refractivity contribution in [1.29, 1.82) is 0 Å². The van der Waals surface area contributed by atoms with Crippen molar-refractivity contribution in [2.45, 2.75) is 50.4 Å². The summed E-state index contributed by atoms with van der Waals surface area (Å²) in [5, 5.41) is 3.24. The van der Waals surface area contributed by atoms with Gasteiger partial charge in [0.2, 0.25) is 5.91 Å². The van der Waals surface area contributed by atoms with Gasteiger partial charge in [0, 0.05) is 12.0 Å². The molecule has 2 aliphatic rings. The average molecular weight is 353 g/mol. The Kier molecular flexibility index (Phi) is 5.02. The van der Waals surface area contributed by atoms with Gasteiger partial charge in [-0.3, -0.25) is 4.79 Å². The van der Waals surface area contributed by atoms with E-state index in [2.05, 4.69) is 5.32 Å². The number of fused-ring (bicyclic) bond motifs is 1. The van der Waals surface area contributed by atoms with Crippen molar-refractivity contribution in [2.75, 3.05) is 0 Å². The molecule has 3 nitrogen and oxygen atoms in total. The van der Waals surface area contributed by atoms with E-state index in [9.17, 15) is 9.18 Å². The third kappa shape index (κ3) is 3.80. The van der Waals surface area contributed by atoms with Crippen LogP contribution in [0.25, 0.3) is 0 Å². The van der Waals surface area contributed by atoms with Crippen LogP contribution in [-0.2, 0) is 16.0 Å². The topological polar surface area (TPSA) is 38.3 Å². The number of carbonyl (C=O) groups excluding carboxylic acids is 1. The van der Waals surface area contributed by atoms with Crippen molar-refractivity contribution in [3.05, 3.63) is 71.5 Å². The highest BCUT2D eigenvalue weighted by Gasteiger charge is 2.42. The molecule has 136 valence electrons. The van der Waals surface area contributed by atoms with Crippen LogP contribution in [0.4, 0.5) is 4.39 Å². The first-order chi connectivity index (χ1) is 12.7. The molecule has 1 aliphatic carbocycles. The predicted molar refractivity (Wildman–Crippen MR) is 98.0 cm³/mol. The van der Waals surface area contributed by atoms with Crippen LogP contribution in [0.3, 0.4) is 0 Å². The van der Waals surface area contributed by atoms with Gasteiger partial charge in [-0.25, -0.2) is 4.39 Å². The summed E-state index contributed by atoms with van der Waals surface area (Å²) in [6.07, 6.45) is 4.30. The Bertz CT molecular complexity index is 764. The summed E-state index contributed by atoms with van der Waals surface area (Å²) in [5.74, 6) is 0.163. The lowest BCUT2D eigenvalue weighted by atomic mass is 9.86. The molecular weight excluding hydrogens is 329 g/mol. The molecular formula is C22H24FNO2. The van der Waals surface area contributed by atoms with E-state index in [1.54, 1.807) is 12.1 Å². The van der Waals surface area contributed by atoms with E-state index in [4.69, 9.17) is 4.74 Å². The lowest BCUT2D eigenvalue weighted by Gasteiger charge is -2.39. The van der Waals surface area contributed by atoms with Crippen LogP contribution in [0.5, 0.6) is 0 Å². The van der Waals surface area contributed by atoms with Crippen LogP contribution in [0.2, 0.25) is 0 Å². The molecule has 1 N–H and O–H groups in total. The van der Waals surface area contributed by atoms with Crippen LogP contribution < -0.4 is 5.32 Å². The highest BCUT2D eigenvalue weighted by atomic mass is 19.1. The normalized spacial score (nSPS) is 27.7. The van der Waals surface area contributed by atoms with Crippen LogP contribution in [0.15, 0.2) is 54.6 Å². The number of rotatable bonds is 4. The molecule has 1 aliphatic heterocycles. The van der Waals surface area contributed by atoms with E-state index >= 15 is 0 Å². The van der Waals surface area contributed by atoms with Gasteiger partial charge < -0.3 is 10.1 Å². The van der Waals surface area contributed by atoms with Crippen molar-refractivity contribution in [3.63, 3.8) is 0 Å². The number of carbonyl (C=O) groups is 1. The Balaban J connectivity index is 1.47. The molecule has 4 rings (SSSR count). The number of hydrogen-bond donors (Lipinski definition) is 1. The molecule has 0 bridgehead atoms. The Labute approximate surface area is 153 Å². The zero-order valence-electron chi connectivity index (χ0n) is 14.7. The monoisotopic (exact) mass is 353 g/mol. The van der Waals surface area contributed by atoms with E-state index in [0.717, 1.165) is 30.4 Å². The maximum absolute atomic E-state index is 13.6. The minimum absolute atomic E-state index is 0.0479. The lowest BCUT2D eigenvalue weighted by molar-refractivity contribution is -0.126. The molecule has 4 atom stereocenters. The summed E-state index contributed by atoms with van der Waals surface area (Å²) in [4.78, 5) is 12.6. The van der Waals surface area contributed by atoms with Crippen LogP contribution >= 0.6 is 0 Å². The van der Waals surface area contributed by atoms with Gasteiger partial charge >= 0.3 is 0 Å². The van der Waals surface area contributed by atoms with Gasteiger partial charge in [0.15, 0.2) is 0 Å². The zero-order valence-corrected chi connectivity index (χ0v) is 14.7. The summed E-state index contributed by atoms with van der Waals surface area (Å²) < 4.78 is 19.9. The van der Waals surface area contributed by atoms with E-state index in [0.29, 0.717) is 18.8 Å². The third-order valence-corrected chi connectivity index (χ3v) is 5.60. The fourth-order valence-electron chi connectivity index (χ4n) is 4.38. The van der Waals surface area contributed by atoms with Gasteiger partial charge in [-0.05, 0) is 42.5 Å². The molecule has 0 unspecified atom stereocenters. The average Bonchev–Trinajstić information content (AvgIpc) is 3.11. The summed E-state index contributed by atoms with van der Waals surface area (Å²) >= 11 is 0. The second kappa shape index (κ2) is 7.58. The molecule has 2 fully saturated rings. The first-order valence-electron chi connectivity index (χ1n) is 9.43. The Morgan fingerprint density at radius 3 is 2.77 bits per heavy atom. The maximum atomic E-state index is 13.6. The minimum Gasteiger partial charge on any atom is -0.370 e. The quantitative estimate of drug-likeness (QED) is 0.895. The summed E-state index contributed by atoms with van der Waals surface area (Å²) in [5.41, 5.74) is 1.87. The zero-order chi connectivity index (χ0) is 17.9. The lowest BCUT2D eigenvalue weighted by Crippen LogP contribution is -2.48. The number of ether oxygens (including phenoxy) is 1. The number of amides is 1. The van der Waals surface area contributed by atoms with E-state index in [1.807, 2.05) is 36.4 Å². The Morgan fingerprint density at radius 2 is 1.96 bits per heavy atom. The van der Waals surface area contributed by atoms with E-state index in [-0.39, 0.29) is 30.0 Å². The molecule has 1 heterocycles. The molecule has 2 aromatic rings. The smallest absolute Gasteiger partial charge is 0.224 e. The first kappa shape index (κ1) is 17.2. The molecule has 1 saturated carbocycles. The van der Waals surface area contributed by atoms with Crippen molar-refractivity contribution in [1.82, 2.24) is 5.32 Å². The molecule has 0 aromatic heterocycles. The van der Waals surface area contributed by atoms with Crippen molar-refractivity contribution in [2.24, 2.45) is 5.92 Å².